The highest BCUT2D eigenvalue weighted by Gasteiger charge is 2.29. The molecule has 1 saturated heterocycles. The van der Waals surface area contributed by atoms with E-state index in [9.17, 15) is 19.2 Å². The molecule has 1 aliphatic rings. The zero-order valence-electron chi connectivity index (χ0n) is 16.2. The topological polar surface area (TPSA) is 90.6 Å². The zero-order valence-corrected chi connectivity index (χ0v) is 16.2. The Balaban J connectivity index is 1.73. The van der Waals surface area contributed by atoms with Crippen LogP contribution >= 0.6 is 0 Å². The Hall–Kier alpha value is -3.16. The van der Waals surface area contributed by atoms with Gasteiger partial charge >= 0.3 is 11.7 Å². The molecule has 8 nitrogen and oxygen atoms in total. The molecule has 0 spiro atoms. The highest BCUT2D eigenvalue weighted by molar-refractivity contribution is 5.92. The Morgan fingerprint density at radius 2 is 1.89 bits per heavy atom. The first-order valence-electron chi connectivity index (χ1n) is 9.05. The fourth-order valence-corrected chi connectivity index (χ4v) is 3.56. The van der Waals surface area contributed by atoms with Crippen molar-refractivity contribution in [1.29, 1.82) is 0 Å². The van der Waals surface area contributed by atoms with Crippen molar-refractivity contribution < 1.29 is 14.3 Å². The Morgan fingerprint density at radius 3 is 2.61 bits per heavy atom. The highest BCUT2D eigenvalue weighted by atomic mass is 16.5. The van der Waals surface area contributed by atoms with Gasteiger partial charge in [-0.2, -0.15) is 0 Å². The van der Waals surface area contributed by atoms with E-state index >= 15 is 0 Å². The maximum absolute atomic E-state index is 12.8. The minimum absolute atomic E-state index is 0.0986. The second-order valence-corrected chi connectivity index (χ2v) is 7.07. The number of likely N-dealkylation sites (tertiary alicyclic amines) is 1. The van der Waals surface area contributed by atoms with E-state index in [-0.39, 0.29) is 23.5 Å². The summed E-state index contributed by atoms with van der Waals surface area (Å²) in [6.45, 7) is 1.09. The third kappa shape index (κ3) is 3.76. The van der Waals surface area contributed by atoms with Gasteiger partial charge in [-0.1, -0.05) is 12.1 Å². The normalized spacial score (nSPS) is 16.2. The van der Waals surface area contributed by atoms with Gasteiger partial charge in [0, 0.05) is 33.3 Å². The molecule has 1 amide bonds. The van der Waals surface area contributed by atoms with Crippen molar-refractivity contribution in [2.75, 3.05) is 20.2 Å². The summed E-state index contributed by atoms with van der Waals surface area (Å²) in [6.07, 6.45) is 1.54. The molecule has 3 rings (SSSR count). The van der Waals surface area contributed by atoms with E-state index in [4.69, 9.17) is 4.74 Å². The van der Waals surface area contributed by atoms with Crippen LogP contribution in [0.5, 0.6) is 0 Å². The Kier molecular flexibility index (Phi) is 5.48. The number of esters is 1. The van der Waals surface area contributed by atoms with Crippen LogP contribution in [0, 0.1) is 5.92 Å². The first kappa shape index (κ1) is 19.6. The van der Waals surface area contributed by atoms with Crippen LogP contribution in [0.3, 0.4) is 0 Å². The third-order valence-corrected chi connectivity index (χ3v) is 5.19. The van der Waals surface area contributed by atoms with Gasteiger partial charge in [0.2, 0.25) is 0 Å². The molecule has 0 aliphatic carbocycles. The average Bonchev–Trinajstić information content (AvgIpc) is 3.16. The molecule has 0 N–H and O–H groups in total. The van der Waals surface area contributed by atoms with Crippen LogP contribution in [-0.2, 0) is 25.3 Å². The number of rotatable bonds is 4. The predicted molar refractivity (Wildman–Crippen MR) is 102 cm³/mol. The van der Waals surface area contributed by atoms with Gasteiger partial charge in [0.25, 0.3) is 11.5 Å². The second-order valence-electron chi connectivity index (χ2n) is 7.07. The number of hydrogen-bond donors (Lipinski definition) is 0. The molecular weight excluding hydrogens is 362 g/mol. The molecule has 148 valence electrons. The summed E-state index contributed by atoms with van der Waals surface area (Å²) < 4.78 is 6.93. The standard InChI is InChI=1S/C20H23N3O5/c1-21-16(11-17(24)22(2)20(21)27)18(25)23-8-7-14(12-23)9-13-5-4-6-15(10-13)19(26)28-3/h4-6,10-11,14H,7-9,12H2,1-3H3. The number of carbonyl (C=O) groups is 2. The zero-order chi connectivity index (χ0) is 20.4. The Labute approximate surface area is 162 Å². The van der Waals surface area contributed by atoms with Gasteiger partial charge in [0.15, 0.2) is 0 Å². The van der Waals surface area contributed by atoms with E-state index in [0.29, 0.717) is 18.7 Å². The molecule has 1 aromatic carbocycles. The van der Waals surface area contributed by atoms with E-state index < -0.39 is 11.2 Å². The van der Waals surface area contributed by atoms with Crippen LogP contribution in [0.15, 0.2) is 39.9 Å². The monoisotopic (exact) mass is 385 g/mol. The Morgan fingerprint density at radius 1 is 1.14 bits per heavy atom. The largest absolute Gasteiger partial charge is 0.465 e. The molecule has 1 aliphatic heterocycles. The lowest BCUT2D eigenvalue weighted by Crippen LogP contribution is -2.42. The lowest BCUT2D eigenvalue weighted by atomic mass is 9.97. The Bertz CT molecular complexity index is 1040. The first-order chi connectivity index (χ1) is 13.3. The SMILES string of the molecule is COC(=O)c1cccc(CC2CCN(C(=O)c3cc(=O)n(C)c(=O)n3C)C2)c1. The maximum Gasteiger partial charge on any atom is 0.337 e. The molecule has 28 heavy (non-hydrogen) atoms. The highest BCUT2D eigenvalue weighted by Crippen LogP contribution is 2.22. The number of hydrogen-bond acceptors (Lipinski definition) is 5. The molecule has 1 unspecified atom stereocenters. The molecule has 1 atom stereocenters. The van der Waals surface area contributed by atoms with E-state index in [1.54, 1.807) is 17.0 Å². The summed E-state index contributed by atoms with van der Waals surface area (Å²) in [4.78, 5) is 50.1. The van der Waals surface area contributed by atoms with Crippen LogP contribution in [0.4, 0.5) is 0 Å². The summed E-state index contributed by atoms with van der Waals surface area (Å²) in [6, 6.07) is 8.48. The minimum atomic E-state index is -0.522. The van der Waals surface area contributed by atoms with E-state index in [2.05, 4.69) is 0 Å². The van der Waals surface area contributed by atoms with E-state index in [1.807, 2.05) is 12.1 Å². The minimum Gasteiger partial charge on any atom is -0.465 e. The molecule has 2 heterocycles. The van der Waals surface area contributed by atoms with Crippen LogP contribution in [0.25, 0.3) is 0 Å². The van der Waals surface area contributed by atoms with Gasteiger partial charge in [-0.25, -0.2) is 9.59 Å². The first-order valence-corrected chi connectivity index (χ1v) is 9.05. The van der Waals surface area contributed by atoms with Gasteiger partial charge in [-0.15, -0.1) is 0 Å². The molecular formula is C20H23N3O5. The lowest BCUT2D eigenvalue weighted by Gasteiger charge is -2.18. The quantitative estimate of drug-likeness (QED) is 0.718. The van der Waals surface area contributed by atoms with Crippen LogP contribution in [0.1, 0.15) is 32.8 Å². The van der Waals surface area contributed by atoms with E-state index in [1.165, 1.54) is 31.8 Å². The van der Waals surface area contributed by atoms with Gasteiger partial charge in [0.1, 0.15) is 5.69 Å². The number of aromatic nitrogens is 2. The van der Waals surface area contributed by atoms with Crippen LogP contribution in [0.2, 0.25) is 0 Å². The van der Waals surface area contributed by atoms with Gasteiger partial charge in [-0.3, -0.25) is 18.7 Å². The number of amides is 1. The van der Waals surface area contributed by atoms with Crippen molar-refractivity contribution >= 4 is 11.9 Å². The summed E-state index contributed by atoms with van der Waals surface area (Å²) in [5.74, 6) is -0.458. The number of benzene rings is 1. The van der Waals surface area contributed by atoms with Crippen molar-refractivity contribution in [3.63, 3.8) is 0 Å². The molecule has 0 radical (unpaired) electrons. The fourth-order valence-electron chi connectivity index (χ4n) is 3.56. The predicted octanol–water partition coefficient (Wildman–Crippen LogP) is 0.575. The van der Waals surface area contributed by atoms with Crippen LogP contribution < -0.4 is 11.2 Å². The smallest absolute Gasteiger partial charge is 0.337 e. The molecule has 0 saturated carbocycles. The van der Waals surface area contributed by atoms with E-state index in [0.717, 1.165) is 23.0 Å². The summed E-state index contributed by atoms with van der Waals surface area (Å²) in [7, 11) is 4.22. The number of nitrogens with zero attached hydrogens (tertiary/aromatic N) is 3. The molecule has 1 fully saturated rings. The number of carbonyl (C=O) groups excluding carboxylic acids is 2. The van der Waals surface area contributed by atoms with Crippen molar-refractivity contribution in [3.05, 3.63) is 68.0 Å². The second kappa shape index (κ2) is 7.84. The molecule has 1 aromatic heterocycles. The third-order valence-electron chi connectivity index (χ3n) is 5.19. The van der Waals surface area contributed by atoms with Crippen molar-refractivity contribution in [2.24, 2.45) is 20.0 Å². The van der Waals surface area contributed by atoms with Gasteiger partial charge in [-0.05, 0) is 36.5 Å². The van der Waals surface area contributed by atoms with Crippen molar-refractivity contribution in [1.82, 2.24) is 14.0 Å². The summed E-state index contributed by atoms with van der Waals surface area (Å²) >= 11 is 0. The van der Waals surface area contributed by atoms with Crippen LogP contribution in [-0.4, -0.2) is 46.1 Å². The fraction of sp³-hybridized carbons (Fsp3) is 0.400. The molecule has 2 aromatic rings. The van der Waals surface area contributed by atoms with Crippen molar-refractivity contribution in [3.8, 4) is 0 Å². The molecule has 0 bridgehead atoms. The van der Waals surface area contributed by atoms with Gasteiger partial charge in [0.05, 0.1) is 12.7 Å². The summed E-state index contributed by atoms with van der Waals surface area (Å²) in [5, 5.41) is 0. The summed E-state index contributed by atoms with van der Waals surface area (Å²) in [5.41, 5.74) is 0.582. The number of ether oxygens (including phenoxy) is 1. The average molecular weight is 385 g/mol. The van der Waals surface area contributed by atoms with Crippen molar-refractivity contribution in [2.45, 2.75) is 12.8 Å². The lowest BCUT2D eigenvalue weighted by molar-refractivity contribution is 0.0600. The maximum atomic E-state index is 12.8. The van der Waals surface area contributed by atoms with Gasteiger partial charge < -0.3 is 9.64 Å². The number of methoxy groups -OCH3 is 1. The molecule has 8 heteroatoms.